The molecular formula is C64H115NO10. The molecule has 75 heavy (non-hydrogen) atoms. The summed E-state index contributed by atoms with van der Waals surface area (Å²) in [4.78, 5) is 26.5. The summed E-state index contributed by atoms with van der Waals surface area (Å²) < 4.78 is 17.6. The molecule has 0 aromatic rings. The summed E-state index contributed by atoms with van der Waals surface area (Å²) in [5, 5.41) is 57.0. The van der Waals surface area contributed by atoms with E-state index in [-0.39, 0.29) is 13.0 Å². The summed E-state index contributed by atoms with van der Waals surface area (Å²) in [6.45, 7) is 5.65. The minimum Gasteiger partial charge on any atom is -0.454 e. The molecule has 1 aliphatic heterocycles. The van der Waals surface area contributed by atoms with Crippen molar-refractivity contribution in [3.05, 3.63) is 60.8 Å². The van der Waals surface area contributed by atoms with Crippen LogP contribution < -0.4 is 5.32 Å². The number of hydrogen-bond donors (Lipinski definition) is 6. The summed E-state index contributed by atoms with van der Waals surface area (Å²) >= 11 is 0. The lowest BCUT2D eigenvalue weighted by Crippen LogP contribution is -2.61. The third-order valence-corrected chi connectivity index (χ3v) is 14.5. The molecule has 1 rings (SSSR count). The normalized spacial score (nSPS) is 19.6. The molecule has 0 spiro atoms. The fourth-order valence-corrected chi connectivity index (χ4v) is 9.60. The minimum absolute atomic E-state index is 0.0970. The van der Waals surface area contributed by atoms with Crippen LogP contribution in [-0.4, -0.2) is 99.6 Å². The van der Waals surface area contributed by atoms with Gasteiger partial charge in [0, 0.05) is 6.42 Å². The first-order chi connectivity index (χ1) is 36.7. The van der Waals surface area contributed by atoms with Crippen LogP contribution in [0, 0.1) is 0 Å². The Labute approximate surface area is 458 Å². The van der Waals surface area contributed by atoms with Crippen molar-refractivity contribution in [2.75, 3.05) is 13.2 Å². The number of carbonyl (C=O) groups is 2. The van der Waals surface area contributed by atoms with E-state index in [1.165, 1.54) is 148 Å². The van der Waals surface area contributed by atoms with Crippen LogP contribution in [0.2, 0.25) is 0 Å². The molecule has 11 nitrogen and oxygen atoms in total. The average molecular weight is 1060 g/mol. The van der Waals surface area contributed by atoms with Crippen LogP contribution in [0.25, 0.3) is 0 Å². The highest BCUT2D eigenvalue weighted by atomic mass is 16.7. The summed E-state index contributed by atoms with van der Waals surface area (Å²) in [5.74, 6) is -1.21. The molecule has 1 fully saturated rings. The number of rotatable bonds is 52. The Balaban J connectivity index is 2.70. The predicted molar refractivity (Wildman–Crippen MR) is 310 cm³/mol. The average Bonchev–Trinajstić information content (AvgIpc) is 3.41. The van der Waals surface area contributed by atoms with E-state index < -0.39 is 67.4 Å². The Morgan fingerprint density at radius 3 is 1.44 bits per heavy atom. The predicted octanol–water partition coefficient (Wildman–Crippen LogP) is 14.6. The Kier molecular flexibility index (Phi) is 48.9. The van der Waals surface area contributed by atoms with Crippen LogP contribution in [0.3, 0.4) is 0 Å². The number of unbranched alkanes of at least 4 members (excludes halogenated alkanes) is 33. The summed E-state index contributed by atoms with van der Waals surface area (Å²) in [5.41, 5.74) is 0. The van der Waals surface area contributed by atoms with Crippen molar-refractivity contribution in [1.82, 2.24) is 5.32 Å². The first-order valence-electron chi connectivity index (χ1n) is 31.1. The maximum absolute atomic E-state index is 13.4. The van der Waals surface area contributed by atoms with Gasteiger partial charge in [0.1, 0.15) is 24.4 Å². The van der Waals surface area contributed by atoms with Crippen molar-refractivity contribution in [3.8, 4) is 0 Å². The molecule has 0 aromatic carbocycles. The number of aliphatic hydroxyl groups excluding tert-OH is 5. The Bertz CT molecular complexity index is 1450. The maximum atomic E-state index is 13.4. The molecule has 0 aliphatic carbocycles. The van der Waals surface area contributed by atoms with Crippen molar-refractivity contribution < 1.29 is 49.3 Å². The van der Waals surface area contributed by atoms with Gasteiger partial charge in [0.15, 0.2) is 12.4 Å². The zero-order valence-corrected chi connectivity index (χ0v) is 48.2. The molecule has 8 atom stereocenters. The van der Waals surface area contributed by atoms with E-state index in [2.05, 4.69) is 44.3 Å². The number of allylic oxidation sites excluding steroid dienone is 9. The SMILES string of the molecule is CC/C=C/C=C/C=C/C=C\CCCCCCCC(=O)OC1C(OCC(NC(=O)C(O)CCCCCCCCCCCCCCCCCCCC)C(O)/C=C/CCCCCCCCCCCCC)OC(CO)C(O)C1O. The second-order valence-electron chi connectivity index (χ2n) is 21.5. The van der Waals surface area contributed by atoms with Gasteiger partial charge in [-0.05, 0) is 44.9 Å². The molecule has 1 saturated heterocycles. The monoisotopic (exact) mass is 1060 g/mol. The van der Waals surface area contributed by atoms with E-state index in [1.54, 1.807) is 6.08 Å². The van der Waals surface area contributed by atoms with Gasteiger partial charge < -0.3 is 45.1 Å². The quantitative estimate of drug-likeness (QED) is 0.0149. The molecule has 0 aromatic heterocycles. The molecule has 0 bridgehead atoms. The van der Waals surface area contributed by atoms with Gasteiger partial charge in [-0.15, -0.1) is 0 Å². The van der Waals surface area contributed by atoms with Crippen LogP contribution in [0.5, 0.6) is 0 Å². The van der Waals surface area contributed by atoms with E-state index in [9.17, 15) is 35.1 Å². The molecule has 1 aliphatic rings. The number of amides is 1. The number of aliphatic hydroxyl groups is 5. The van der Waals surface area contributed by atoms with Gasteiger partial charge in [0.2, 0.25) is 5.91 Å². The molecule has 0 radical (unpaired) electrons. The van der Waals surface area contributed by atoms with Crippen LogP contribution in [0.15, 0.2) is 60.8 Å². The topological polar surface area (TPSA) is 175 Å². The van der Waals surface area contributed by atoms with Crippen LogP contribution in [-0.2, 0) is 23.8 Å². The van der Waals surface area contributed by atoms with Crippen molar-refractivity contribution in [2.24, 2.45) is 0 Å². The molecule has 1 amide bonds. The zero-order chi connectivity index (χ0) is 54.7. The number of carbonyl (C=O) groups excluding carboxylic acids is 2. The Morgan fingerprint density at radius 2 is 0.960 bits per heavy atom. The lowest BCUT2D eigenvalue weighted by Gasteiger charge is -2.41. The summed E-state index contributed by atoms with van der Waals surface area (Å²) in [6.07, 6.45) is 54.0. The van der Waals surface area contributed by atoms with Crippen LogP contribution in [0.1, 0.15) is 271 Å². The highest BCUT2D eigenvalue weighted by molar-refractivity contribution is 5.80. The minimum atomic E-state index is -1.62. The molecule has 8 unspecified atom stereocenters. The largest absolute Gasteiger partial charge is 0.454 e. The number of hydrogen-bond acceptors (Lipinski definition) is 10. The Morgan fingerprint density at radius 1 is 0.533 bits per heavy atom. The molecule has 436 valence electrons. The zero-order valence-electron chi connectivity index (χ0n) is 48.2. The summed E-state index contributed by atoms with van der Waals surface area (Å²) in [6, 6.07) is -1.03. The maximum Gasteiger partial charge on any atom is 0.306 e. The van der Waals surface area contributed by atoms with Gasteiger partial charge in [-0.25, -0.2) is 0 Å². The lowest BCUT2D eigenvalue weighted by molar-refractivity contribution is -0.305. The highest BCUT2D eigenvalue weighted by Crippen LogP contribution is 2.26. The van der Waals surface area contributed by atoms with Crippen molar-refractivity contribution >= 4 is 11.9 Å². The van der Waals surface area contributed by atoms with E-state index in [0.717, 1.165) is 77.0 Å². The fraction of sp³-hybridized carbons (Fsp3) is 0.812. The molecule has 11 heteroatoms. The van der Waals surface area contributed by atoms with Gasteiger partial charge >= 0.3 is 5.97 Å². The number of ether oxygens (including phenoxy) is 3. The van der Waals surface area contributed by atoms with E-state index in [4.69, 9.17) is 14.2 Å². The fourth-order valence-electron chi connectivity index (χ4n) is 9.60. The van der Waals surface area contributed by atoms with Crippen LogP contribution >= 0.6 is 0 Å². The number of esters is 1. The third kappa shape index (κ3) is 40.2. The third-order valence-electron chi connectivity index (χ3n) is 14.5. The molecule has 0 saturated carbocycles. The van der Waals surface area contributed by atoms with Gasteiger partial charge in [-0.1, -0.05) is 281 Å². The Hall–Kier alpha value is -2.64. The van der Waals surface area contributed by atoms with Crippen molar-refractivity contribution in [1.29, 1.82) is 0 Å². The van der Waals surface area contributed by atoms with Crippen LogP contribution in [0.4, 0.5) is 0 Å². The highest BCUT2D eigenvalue weighted by Gasteiger charge is 2.47. The molecule has 6 N–H and O–H groups in total. The van der Waals surface area contributed by atoms with Crippen molar-refractivity contribution in [2.45, 2.75) is 320 Å². The first-order valence-corrected chi connectivity index (χ1v) is 31.1. The second-order valence-corrected chi connectivity index (χ2v) is 21.5. The van der Waals surface area contributed by atoms with E-state index in [0.29, 0.717) is 19.3 Å². The van der Waals surface area contributed by atoms with Gasteiger partial charge in [0.25, 0.3) is 0 Å². The standard InChI is InChI=1S/C64H115NO10/c1-4-7-10-13-16-19-22-25-27-28-29-31-33-36-39-42-45-48-51-57(68)63(72)65-55(56(67)50-47-44-41-38-35-32-24-21-18-15-12-9-6-3)54-73-64-62(61(71)60(70)58(53-66)74-64)75-59(69)52-49-46-43-40-37-34-30-26-23-20-17-14-11-8-5-2/h8,11,14,17,20,23,26,30,47,50,55-58,60-62,64,66-68,70-71H,4-7,9-10,12-13,15-16,18-19,21-22,24-25,27-29,31-46,48-49,51-54H2,1-3H3,(H,65,72)/b11-8+,17-14+,23-20+,30-26-,50-47+. The first kappa shape index (κ1) is 70.4. The summed E-state index contributed by atoms with van der Waals surface area (Å²) in [7, 11) is 0. The van der Waals surface area contributed by atoms with Gasteiger partial charge in [0.05, 0.1) is 25.4 Å². The van der Waals surface area contributed by atoms with Gasteiger partial charge in [-0.2, -0.15) is 0 Å². The van der Waals surface area contributed by atoms with Crippen molar-refractivity contribution in [3.63, 3.8) is 0 Å². The van der Waals surface area contributed by atoms with E-state index >= 15 is 0 Å². The second kappa shape index (κ2) is 52.1. The van der Waals surface area contributed by atoms with E-state index in [1.807, 2.05) is 36.5 Å². The molecular weight excluding hydrogens is 943 g/mol. The number of nitrogens with one attached hydrogen (secondary N) is 1. The molecule has 1 heterocycles. The van der Waals surface area contributed by atoms with Gasteiger partial charge in [-0.3, -0.25) is 9.59 Å². The smallest absolute Gasteiger partial charge is 0.306 e. The lowest BCUT2D eigenvalue weighted by atomic mass is 9.99.